The molecule has 7 nitrogen and oxygen atoms in total. The Morgan fingerprint density at radius 3 is 2.90 bits per heavy atom. The Hall–Kier alpha value is -0.960. The zero-order chi connectivity index (χ0) is 15.0. The first kappa shape index (κ1) is 17.1. The van der Waals surface area contributed by atoms with E-state index < -0.39 is 10.0 Å². The molecule has 0 aliphatic heterocycles. The Balaban J connectivity index is 2.59. The number of sulfonamides is 1. The average molecular weight is 304 g/mol. The number of ether oxygens (including phenoxy) is 1. The first-order valence-corrected chi connectivity index (χ1v) is 8.16. The van der Waals surface area contributed by atoms with Crippen molar-refractivity contribution in [3.8, 4) is 0 Å². The molecule has 0 aromatic carbocycles. The molecular weight excluding hydrogens is 280 g/mol. The van der Waals surface area contributed by atoms with Crippen molar-refractivity contribution < 1.29 is 13.2 Å². The molecule has 1 aromatic heterocycles. The molecule has 0 aliphatic rings. The topological polar surface area (TPSA) is 85.2 Å². The van der Waals surface area contributed by atoms with Gasteiger partial charge < -0.3 is 10.1 Å². The number of hydrogen-bond acceptors (Lipinski definition) is 5. The van der Waals surface area contributed by atoms with Crippen molar-refractivity contribution >= 4 is 10.0 Å². The molecule has 2 N–H and O–H groups in total. The summed E-state index contributed by atoms with van der Waals surface area (Å²) in [6.45, 7) is 3.89. The minimum atomic E-state index is -3.50. The third-order valence-electron chi connectivity index (χ3n) is 2.85. The SMILES string of the molecule is CNCCCn1cc(S(=O)(=O)NC(C)CCOC)cn1. The smallest absolute Gasteiger partial charge is 0.243 e. The van der Waals surface area contributed by atoms with E-state index in [1.807, 2.05) is 14.0 Å². The van der Waals surface area contributed by atoms with Crippen LogP contribution in [0.3, 0.4) is 0 Å². The van der Waals surface area contributed by atoms with E-state index in [9.17, 15) is 8.42 Å². The molecule has 0 fully saturated rings. The normalized spacial score (nSPS) is 13.6. The van der Waals surface area contributed by atoms with Crippen molar-refractivity contribution in [1.29, 1.82) is 0 Å². The van der Waals surface area contributed by atoms with Gasteiger partial charge in [-0.3, -0.25) is 4.68 Å². The van der Waals surface area contributed by atoms with Gasteiger partial charge in [0, 0.05) is 32.5 Å². The van der Waals surface area contributed by atoms with Crippen LogP contribution in [0.15, 0.2) is 17.3 Å². The van der Waals surface area contributed by atoms with Gasteiger partial charge in [0.05, 0.1) is 6.20 Å². The minimum absolute atomic E-state index is 0.174. The molecule has 0 spiro atoms. The number of nitrogens with zero attached hydrogens (tertiary/aromatic N) is 2. The summed E-state index contributed by atoms with van der Waals surface area (Å²) in [4.78, 5) is 0.200. The Labute approximate surface area is 120 Å². The molecule has 1 heterocycles. The van der Waals surface area contributed by atoms with Crippen molar-refractivity contribution in [2.75, 3.05) is 27.3 Å². The van der Waals surface area contributed by atoms with Gasteiger partial charge in [-0.1, -0.05) is 0 Å². The van der Waals surface area contributed by atoms with E-state index in [0.717, 1.165) is 13.0 Å². The second-order valence-electron chi connectivity index (χ2n) is 4.70. The maximum absolute atomic E-state index is 12.1. The fourth-order valence-corrected chi connectivity index (χ4v) is 2.94. The fraction of sp³-hybridized carbons (Fsp3) is 0.750. The molecule has 1 aromatic rings. The molecule has 1 atom stereocenters. The summed E-state index contributed by atoms with van der Waals surface area (Å²) in [5, 5.41) is 7.11. The molecule has 0 amide bonds. The van der Waals surface area contributed by atoms with Crippen molar-refractivity contribution in [2.45, 2.75) is 37.2 Å². The number of aromatic nitrogens is 2. The maximum Gasteiger partial charge on any atom is 0.243 e. The van der Waals surface area contributed by atoms with E-state index in [4.69, 9.17) is 4.74 Å². The van der Waals surface area contributed by atoms with Gasteiger partial charge in [0.15, 0.2) is 0 Å². The van der Waals surface area contributed by atoms with Gasteiger partial charge in [-0.15, -0.1) is 0 Å². The Morgan fingerprint density at radius 1 is 1.50 bits per heavy atom. The predicted molar refractivity (Wildman–Crippen MR) is 77.0 cm³/mol. The molecule has 0 bridgehead atoms. The lowest BCUT2D eigenvalue weighted by Gasteiger charge is -2.12. The van der Waals surface area contributed by atoms with Gasteiger partial charge in [0.2, 0.25) is 10.0 Å². The molecule has 0 radical (unpaired) electrons. The van der Waals surface area contributed by atoms with Crippen LogP contribution in [0.5, 0.6) is 0 Å². The fourth-order valence-electron chi connectivity index (χ4n) is 1.71. The molecule has 1 rings (SSSR count). The number of nitrogens with one attached hydrogen (secondary N) is 2. The summed E-state index contributed by atoms with van der Waals surface area (Å²) in [5.74, 6) is 0. The van der Waals surface area contributed by atoms with Crippen LogP contribution in [0.4, 0.5) is 0 Å². The Bertz CT molecular complexity index is 487. The first-order chi connectivity index (χ1) is 9.49. The summed E-state index contributed by atoms with van der Waals surface area (Å²) >= 11 is 0. The summed E-state index contributed by atoms with van der Waals surface area (Å²) in [7, 11) is -0.0313. The zero-order valence-corrected chi connectivity index (χ0v) is 13.1. The quantitative estimate of drug-likeness (QED) is 0.603. The summed E-state index contributed by atoms with van der Waals surface area (Å²) in [5.41, 5.74) is 0. The summed E-state index contributed by atoms with van der Waals surface area (Å²) < 4.78 is 33.5. The summed E-state index contributed by atoms with van der Waals surface area (Å²) in [6, 6.07) is -0.174. The van der Waals surface area contributed by atoms with Crippen molar-refractivity contribution in [3.63, 3.8) is 0 Å². The number of hydrogen-bond donors (Lipinski definition) is 2. The number of rotatable bonds is 10. The summed E-state index contributed by atoms with van der Waals surface area (Å²) in [6.07, 6.45) is 4.47. The Kier molecular flexibility index (Phi) is 7.14. The van der Waals surface area contributed by atoms with Crippen molar-refractivity contribution in [1.82, 2.24) is 19.8 Å². The Morgan fingerprint density at radius 2 is 2.25 bits per heavy atom. The highest BCUT2D eigenvalue weighted by molar-refractivity contribution is 7.89. The van der Waals surface area contributed by atoms with Crippen LogP contribution >= 0.6 is 0 Å². The largest absolute Gasteiger partial charge is 0.385 e. The van der Waals surface area contributed by atoms with Crippen LogP contribution in [0.25, 0.3) is 0 Å². The van der Waals surface area contributed by atoms with Gasteiger partial charge in [-0.05, 0) is 33.4 Å². The van der Waals surface area contributed by atoms with Gasteiger partial charge in [-0.25, -0.2) is 13.1 Å². The van der Waals surface area contributed by atoms with Gasteiger partial charge in [-0.2, -0.15) is 5.10 Å². The second-order valence-corrected chi connectivity index (χ2v) is 6.41. The third kappa shape index (κ3) is 5.58. The second kappa shape index (κ2) is 8.35. The van der Waals surface area contributed by atoms with Crippen LogP contribution in [0.2, 0.25) is 0 Å². The molecule has 1 unspecified atom stereocenters. The monoisotopic (exact) mass is 304 g/mol. The predicted octanol–water partition coefficient (Wildman–Crippen LogP) is 0.196. The van der Waals surface area contributed by atoms with Crippen LogP contribution in [-0.2, 0) is 21.3 Å². The van der Waals surface area contributed by atoms with Crippen molar-refractivity contribution in [3.05, 3.63) is 12.4 Å². The van der Waals surface area contributed by atoms with E-state index in [1.54, 1.807) is 18.0 Å². The van der Waals surface area contributed by atoms with Gasteiger partial charge in [0.25, 0.3) is 0 Å². The van der Waals surface area contributed by atoms with Gasteiger partial charge >= 0.3 is 0 Å². The molecular formula is C12H24N4O3S. The number of aryl methyl sites for hydroxylation is 1. The van der Waals surface area contributed by atoms with Crippen LogP contribution in [-0.4, -0.2) is 51.5 Å². The van der Waals surface area contributed by atoms with E-state index in [-0.39, 0.29) is 10.9 Å². The van der Waals surface area contributed by atoms with Gasteiger partial charge in [0.1, 0.15) is 4.90 Å². The molecule has 8 heteroatoms. The van der Waals surface area contributed by atoms with Crippen LogP contribution in [0, 0.1) is 0 Å². The highest BCUT2D eigenvalue weighted by Crippen LogP contribution is 2.09. The lowest BCUT2D eigenvalue weighted by Crippen LogP contribution is -2.33. The molecule has 116 valence electrons. The molecule has 20 heavy (non-hydrogen) atoms. The standard InChI is InChI=1S/C12H24N4O3S/c1-11(5-8-19-3)15-20(17,18)12-9-14-16(10-12)7-4-6-13-2/h9-11,13,15H,4-8H2,1-3H3. The third-order valence-corrected chi connectivity index (χ3v) is 4.39. The van der Waals surface area contributed by atoms with E-state index in [1.165, 1.54) is 6.20 Å². The molecule has 0 aliphatic carbocycles. The molecule has 0 saturated heterocycles. The highest BCUT2D eigenvalue weighted by Gasteiger charge is 2.19. The van der Waals surface area contributed by atoms with E-state index >= 15 is 0 Å². The minimum Gasteiger partial charge on any atom is -0.385 e. The van der Waals surface area contributed by atoms with E-state index in [0.29, 0.717) is 19.6 Å². The average Bonchev–Trinajstić information content (AvgIpc) is 2.86. The number of methoxy groups -OCH3 is 1. The zero-order valence-electron chi connectivity index (χ0n) is 12.3. The van der Waals surface area contributed by atoms with Crippen LogP contribution in [0.1, 0.15) is 19.8 Å². The first-order valence-electron chi connectivity index (χ1n) is 6.68. The molecule has 0 saturated carbocycles. The lowest BCUT2D eigenvalue weighted by atomic mass is 10.3. The van der Waals surface area contributed by atoms with Crippen molar-refractivity contribution in [2.24, 2.45) is 0 Å². The highest BCUT2D eigenvalue weighted by atomic mass is 32.2. The van der Waals surface area contributed by atoms with Crippen LogP contribution < -0.4 is 10.0 Å². The maximum atomic E-state index is 12.1. The lowest BCUT2D eigenvalue weighted by molar-refractivity contribution is 0.188. The van der Waals surface area contributed by atoms with E-state index in [2.05, 4.69) is 15.1 Å².